The summed E-state index contributed by atoms with van der Waals surface area (Å²) in [6, 6.07) is 9.44. The average molecular weight is 367 g/mol. The molecule has 0 aliphatic carbocycles. The van der Waals surface area contributed by atoms with Gasteiger partial charge in [0.25, 0.3) is 5.91 Å². The van der Waals surface area contributed by atoms with Crippen LogP contribution in [0.1, 0.15) is 48.7 Å². The van der Waals surface area contributed by atoms with E-state index in [1.165, 1.54) is 0 Å². The van der Waals surface area contributed by atoms with E-state index in [9.17, 15) is 9.59 Å². The van der Waals surface area contributed by atoms with Crippen molar-refractivity contribution in [3.8, 4) is 11.3 Å². The van der Waals surface area contributed by atoms with Crippen LogP contribution in [0.2, 0.25) is 0 Å². The molecule has 1 aromatic carbocycles. The molecule has 27 heavy (non-hydrogen) atoms. The molecule has 3 heterocycles. The molecular weight excluding hydrogens is 342 g/mol. The lowest BCUT2D eigenvalue weighted by Gasteiger charge is -2.49. The normalized spacial score (nSPS) is 25.5. The Morgan fingerprint density at radius 3 is 2.74 bits per heavy atom. The molecule has 0 unspecified atom stereocenters. The Kier molecular flexibility index (Phi) is 4.50. The largest absolute Gasteiger partial charge is 0.360 e. The van der Waals surface area contributed by atoms with Crippen LogP contribution in [0, 0.1) is 12.3 Å². The maximum absolute atomic E-state index is 13.5. The second kappa shape index (κ2) is 6.83. The van der Waals surface area contributed by atoms with Crippen molar-refractivity contribution in [2.24, 2.45) is 5.41 Å². The zero-order valence-corrected chi connectivity index (χ0v) is 15.8. The van der Waals surface area contributed by atoms with Crippen LogP contribution in [0.5, 0.6) is 0 Å². The van der Waals surface area contributed by atoms with Crippen molar-refractivity contribution >= 4 is 11.8 Å². The summed E-state index contributed by atoms with van der Waals surface area (Å²) < 4.78 is 5.38. The van der Waals surface area contributed by atoms with Crippen molar-refractivity contribution in [2.75, 3.05) is 13.1 Å². The molecule has 2 fully saturated rings. The molecule has 2 aliphatic rings. The van der Waals surface area contributed by atoms with Crippen LogP contribution in [0.15, 0.2) is 34.9 Å². The molecule has 6 heteroatoms. The zero-order chi connectivity index (χ0) is 19.0. The minimum atomic E-state index is -0.482. The topological polar surface area (TPSA) is 75.4 Å². The molecule has 2 aromatic rings. The number of aromatic nitrogens is 1. The second-order valence-corrected chi connectivity index (χ2v) is 7.62. The average Bonchev–Trinajstić information content (AvgIpc) is 3.08. The summed E-state index contributed by atoms with van der Waals surface area (Å²) >= 11 is 0. The van der Waals surface area contributed by atoms with Gasteiger partial charge in [-0.3, -0.25) is 9.59 Å². The van der Waals surface area contributed by atoms with Gasteiger partial charge in [-0.2, -0.15) is 0 Å². The zero-order valence-electron chi connectivity index (χ0n) is 15.8. The highest BCUT2D eigenvalue weighted by atomic mass is 16.5. The predicted octanol–water partition coefficient (Wildman–Crippen LogP) is 3.17. The van der Waals surface area contributed by atoms with Gasteiger partial charge in [0, 0.05) is 24.7 Å². The van der Waals surface area contributed by atoms with Crippen molar-refractivity contribution in [3.63, 3.8) is 0 Å². The number of hydrogen-bond donors (Lipinski definition) is 1. The molecule has 2 atom stereocenters. The highest BCUT2D eigenvalue weighted by Crippen LogP contribution is 2.43. The number of hydrogen-bond acceptors (Lipinski definition) is 4. The van der Waals surface area contributed by atoms with Crippen LogP contribution in [-0.4, -0.2) is 41.0 Å². The van der Waals surface area contributed by atoms with Gasteiger partial charge in [0.2, 0.25) is 5.91 Å². The SMILES string of the molecule is Cc1onc(-c2ccccc2)c1C(=O)N1CCC[C@@]2(CCCNC2=O)[C@@H]1C. The standard InChI is InChI=1S/C21H25N3O3/c1-14-17(18(23-27-14)16-8-4-3-5-9-16)19(25)24-13-7-11-21(15(24)2)10-6-12-22-20(21)26/h3-5,8-9,15H,6-7,10-13H2,1-2H3,(H,22,26)/t15-,21-/m0/s1. The van der Waals surface area contributed by atoms with Crippen molar-refractivity contribution in [2.45, 2.75) is 45.6 Å². The molecule has 1 aromatic heterocycles. The van der Waals surface area contributed by atoms with Crippen LogP contribution in [0.25, 0.3) is 11.3 Å². The minimum absolute atomic E-state index is 0.0871. The molecule has 2 saturated heterocycles. The van der Waals surface area contributed by atoms with E-state index in [1.807, 2.05) is 42.2 Å². The van der Waals surface area contributed by atoms with E-state index in [0.29, 0.717) is 23.6 Å². The Labute approximate surface area is 158 Å². The lowest BCUT2D eigenvalue weighted by molar-refractivity contribution is -0.140. The molecule has 6 nitrogen and oxygen atoms in total. The highest BCUT2D eigenvalue weighted by Gasteiger charge is 2.50. The maximum Gasteiger partial charge on any atom is 0.260 e. The molecule has 142 valence electrons. The van der Waals surface area contributed by atoms with Gasteiger partial charge in [0.15, 0.2) is 0 Å². The van der Waals surface area contributed by atoms with Crippen LogP contribution in [-0.2, 0) is 4.79 Å². The Morgan fingerprint density at radius 1 is 1.26 bits per heavy atom. The van der Waals surface area contributed by atoms with Gasteiger partial charge in [0.05, 0.1) is 5.41 Å². The number of likely N-dealkylation sites (tertiary alicyclic amines) is 1. The van der Waals surface area contributed by atoms with Crippen molar-refractivity contribution in [1.82, 2.24) is 15.4 Å². The highest BCUT2D eigenvalue weighted by molar-refractivity contribution is 6.01. The number of nitrogens with one attached hydrogen (secondary N) is 1. The Morgan fingerprint density at radius 2 is 2.00 bits per heavy atom. The summed E-state index contributed by atoms with van der Waals surface area (Å²) in [4.78, 5) is 28.1. The number of amides is 2. The fourth-order valence-corrected chi connectivity index (χ4v) is 4.64. The monoisotopic (exact) mass is 367 g/mol. The molecular formula is C21H25N3O3. The Bertz CT molecular complexity index is 857. The van der Waals surface area contributed by atoms with Gasteiger partial charge in [-0.1, -0.05) is 35.5 Å². The summed E-state index contributed by atoms with van der Waals surface area (Å²) in [5.41, 5.74) is 1.44. The molecule has 0 bridgehead atoms. The van der Waals surface area contributed by atoms with E-state index in [1.54, 1.807) is 6.92 Å². The smallest absolute Gasteiger partial charge is 0.260 e. The van der Waals surface area contributed by atoms with Crippen LogP contribution < -0.4 is 5.32 Å². The number of nitrogens with zero attached hydrogens (tertiary/aromatic N) is 2. The summed E-state index contributed by atoms with van der Waals surface area (Å²) in [6.07, 6.45) is 3.45. The fourth-order valence-electron chi connectivity index (χ4n) is 4.64. The predicted molar refractivity (Wildman–Crippen MR) is 101 cm³/mol. The van der Waals surface area contributed by atoms with E-state index in [-0.39, 0.29) is 17.9 Å². The number of carbonyl (C=O) groups excluding carboxylic acids is 2. The van der Waals surface area contributed by atoms with Crippen LogP contribution >= 0.6 is 0 Å². The number of piperidine rings is 2. The lowest BCUT2D eigenvalue weighted by Crippen LogP contribution is -2.61. The van der Waals surface area contributed by atoms with Crippen molar-refractivity contribution < 1.29 is 14.1 Å². The number of benzene rings is 1. The van der Waals surface area contributed by atoms with Crippen molar-refractivity contribution in [3.05, 3.63) is 41.7 Å². The van der Waals surface area contributed by atoms with Crippen molar-refractivity contribution in [1.29, 1.82) is 0 Å². The van der Waals surface area contributed by atoms with E-state index >= 15 is 0 Å². The Balaban J connectivity index is 1.69. The Hall–Kier alpha value is -2.63. The summed E-state index contributed by atoms with van der Waals surface area (Å²) in [5.74, 6) is 0.500. The molecule has 2 aliphatic heterocycles. The summed E-state index contributed by atoms with van der Waals surface area (Å²) in [5, 5.41) is 7.15. The lowest BCUT2D eigenvalue weighted by atomic mass is 9.68. The molecule has 0 radical (unpaired) electrons. The van der Waals surface area contributed by atoms with E-state index < -0.39 is 5.41 Å². The molecule has 1 N–H and O–H groups in total. The first-order valence-corrected chi connectivity index (χ1v) is 9.65. The summed E-state index contributed by atoms with van der Waals surface area (Å²) in [6.45, 7) is 5.15. The number of rotatable bonds is 2. The van der Waals surface area contributed by atoms with E-state index in [2.05, 4.69) is 10.5 Å². The van der Waals surface area contributed by atoms with Gasteiger partial charge in [0.1, 0.15) is 17.0 Å². The first-order valence-electron chi connectivity index (χ1n) is 9.65. The molecule has 2 amide bonds. The van der Waals surface area contributed by atoms with Crippen LogP contribution in [0.4, 0.5) is 0 Å². The van der Waals surface area contributed by atoms with Gasteiger partial charge in [-0.15, -0.1) is 0 Å². The van der Waals surface area contributed by atoms with Gasteiger partial charge in [-0.05, 0) is 39.5 Å². The molecule has 4 rings (SSSR count). The van der Waals surface area contributed by atoms with E-state index in [4.69, 9.17) is 4.52 Å². The second-order valence-electron chi connectivity index (χ2n) is 7.62. The molecule has 0 saturated carbocycles. The quantitative estimate of drug-likeness (QED) is 0.885. The minimum Gasteiger partial charge on any atom is -0.360 e. The van der Waals surface area contributed by atoms with Gasteiger partial charge in [-0.25, -0.2) is 0 Å². The first kappa shape index (κ1) is 17.8. The van der Waals surface area contributed by atoms with Crippen LogP contribution in [0.3, 0.4) is 0 Å². The first-order chi connectivity index (χ1) is 13.0. The third-order valence-electron chi connectivity index (χ3n) is 6.21. The maximum atomic E-state index is 13.5. The van der Waals surface area contributed by atoms with Gasteiger partial charge < -0.3 is 14.7 Å². The number of carbonyl (C=O) groups is 2. The number of aryl methyl sites for hydroxylation is 1. The third kappa shape index (κ3) is 2.83. The molecule has 1 spiro atoms. The summed E-state index contributed by atoms with van der Waals surface area (Å²) in [7, 11) is 0. The van der Waals surface area contributed by atoms with E-state index in [0.717, 1.165) is 37.8 Å². The van der Waals surface area contributed by atoms with Gasteiger partial charge >= 0.3 is 0 Å². The fraction of sp³-hybridized carbons (Fsp3) is 0.476. The third-order valence-corrected chi connectivity index (χ3v) is 6.21.